The average Bonchev–Trinajstić information content (AvgIpc) is 3.55. The van der Waals surface area contributed by atoms with Crippen molar-refractivity contribution in [3.8, 4) is 5.75 Å². The number of benzene rings is 2. The number of rotatable bonds is 22. The summed E-state index contributed by atoms with van der Waals surface area (Å²) in [5.74, 6) is -7.56. The first-order valence-corrected chi connectivity index (χ1v) is 18.5. The fraction of sp³-hybridized carbons (Fsp3) is 0.462. The monoisotopic (exact) mass is 795 g/mol. The van der Waals surface area contributed by atoms with Crippen LogP contribution in [0.2, 0.25) is 0 Å². The number of carboxylic acids is 2. The van der Waals surface area contributed by atoms with Crippen molar-refractivity contribution in [2.24, 2.45) is 17.6 Å². The molecule has 5 amide bonds. The summed E-state index contributed by atoms with van der Waals surface area (Å²) < 4.78 is 0. The number of hydrogen-bond acceptors (Lipinski definition) is 10. The Kier molecular flexibility index (Phi) is 17.0. The molecular weight excluding hydrogens is 742 g/mol. The maximum atomic E-state index is 14.0. The third-order valence-electron chi connectivity index (χ3n) is 8.95. The zero-order valence-electron chi connectivity index (χ0n) is 32.3. The summed E-state index contributed by atoms with van der Waals surface area (Å²) in [5.41, 5.74) is 7.70. The third-order valence-corrected chi connectivity index (χ3v) is 8.95. The van der Waals surface area contributed by atoms with E-state index in [1.165, 1.54) is 24.3 Å². The summed E-state index contributed by atoms with van der Waals surface area (Å²) in [5, 5.41) is 52.1. The van der Waals surface area contributed by atoms with Crippen molar-refractivity contribution >= 4 is 52.4 Å². The summed E-state index contributed by atoms with van der Waals surface area (Å²) in [6.07, 6.45) is 0.722. The number of aromatic nitrogens is 1. The number of phenolic OH excluding ortho intramolecular Hbond substituents is 1. The first kappa shape index (κ1) is 45.4. The van der Waals surface area contributed by atoms with Crippen LogP contribution in [0.4, 0.5) is 0 Å². The van der Waals surface area contributed by atoms with Gasteiger partial charge < -0.3 is 57.7 Å². The van der Waals surface area contributed by atoms with Crippen molar-refractivity contribution in [3.63, 3.8) is 0 Å². The molecule has 0 bridgehead atoms. The summed E-state index contributed by atoms with van der Waals surface area (Å²) in [7, 11) is 0. The van der Waals surface area contributed by atoms with E-state index in [0.717, 1.165) is 0 Å². The molecule has 18 heteroatoms. The first-order chi connectivity index (χ1) is 26.9. The van der Waals surface area contributed by atoms with Crippen LogP contribution in [0.3, 0.4) is 0 Å². The highest BCUT2D eigenvalue weighted by atomic mass is 16.4. The SMILES string of the molecule is CC(C)C[C@H](NC(=O)[C@H](Cc1ccc(O)cc1)NC(=O)[C@H](CO)NC(=O)[C@H](Cc1c[nH]c2ccccc12)NC(=O)[C@H](CC(=O)O)NC(=O)[C@@H](N)CC(C)C)C(=O)O. The number of nitrogens with one attached hydrogen (secondary N) is 6. The van der Waals surface area contributed by atoms with Crippen molar-refractivity contribution in [1.29, 1.82) is 0 Å². The van der Waals surface area contributed by atoms with Gasteiger partial charge in [-0.1, -0.05) is 58.0 Å². The fourth-order valence-electron chi connectivity index (χ4n) is 6.06. The number of amides is 5. The lowest BCUT2D eigenvalue weighted by atomic mass is 10.0. The van der Waals surface area contributed by atoms with Gasteiger partial charge in [0.2, 0.25) is 29.5 Å². The van der Waals surface area contributed by atoms with Gasteiger partial charge in [-0.15, -0.1) is 0 Å². The molecule has 3 rings (SSSR count). The Morgan fingerprint density at radius 3 is 1.72 bits per heavy atom. The molecule has 0 spiro atoms. The molecule has 6 atom stereocenters. The number of aliphatic hydroxyl groups excluding tert-OH is 1. The average molecular weight is 796 g/mol. The quantitative estimate of drug-likeness (QED) is 0.0643. The molecule has 0 unspecified atom stereocenters. The molecular formula is C39H53N7O11. The minimum atomic E-state index is -1.70. The second kappa shape index (κ2) is 21.3. The van der Waals surface area contributed by atoms with Gasteiger partial charge in [0.05, 0.1) is 19.1 Å². The standard InChI is InChI=1S/C39H53N7O11/c1-20(2)13-26(40)34(51)42-30(17-33(49)50)37(54)44-29(16-23-18-41-27-8-6-5-7-25(23)27)36(53)46-32(19-47)38(55)43-28(15-22-9-11-24(48)12-10-22)35(52)45-31(39(56)57)14-21(3)4/h5-12,18,20-21,26,28-32,41,47-48H,13-17,19,40H2,1-4H3,(H,42,51)(H,43,55)(H,44,54)(H,45,52)(H,46,53)(H,49,50)(H,56,57)/t26-,28-,29-,30-,31-,32-/m0/s1. The highest BCUT2D eigenvalue weighted by molar-refractivity contribution is 5.98. The molecule has 310 valence electrons. The predicted octanol–water partition coefficient (Wildman–Crippen LogP) is 0.0538. The second-order valence-electron chi connectivity index (χ2n) is 14.7. The Bertz CT molecular complexity index is 1880. The normalized spacial score (nSPS) is 14.5. The van der Waals surface area contributed by atoms with E-state index in [1.54, 1.807) is 44.3 Å². The number of aromatic amines is 1. The molecule has 3 aromatic rings. The van der Waals surface area contributed by atoms with Crippen LogP contribution < -0.4 is 32.3 Å². The number of aliphatic carboxylic acids is 2. The first-order valence-electron chi connectivity index (χ1n) is 18.5. The van der Waals surface area contributed by atoms with E-state index in [-0.39, 0.29) is 43.3 Å². The van der Waals surface area contributed by atoms with E-state index in [9.17, 15) is 54.0 Å². The molecule has 0 saturated heterocycles. The Morgan fingerprint density at radius 1 is 0.649 bits per heavy atom. The minimum absolute atomic E-state index is 0.0161. The molecule has 57 heavy (non-hydrogen) atoms. The largest absolute Gasteiger partial charge is 0.508 e. The van der Waals surface area contributed by atoms with Gasteiger partial charge in [-0.2, -0.15) is 0 Å². The van der Waals surface area contributed by atoms with Crippen molar-refractivity contribution in [1.82, 2.24) is 31.6 Å². The molecule has 12 N–H and O–H groups in total. The number of nitrogens with two attached hydrogens (primary N) is 1. The van der Waals surface area contributed by atoms with Crippen LogP contribution in [0.1, 0.15) is 58.1 Å². The number of carboxylic acid groups (broad SMARTS) is 2. The van der Waals surface area contributed by atoms with Crippen molar-refractivity contribution < 1.29 is 54.0 Å². The van der Waals surface area contributed by atoms with Crippen LogP contribution in [0.25, 0.3) is 10.9 Å². The lowest BCUT2D eigenvalue weighted by Gasteiger charge is -2.26. The van der Waals surface area contributed by atoms with E-state index in [4.69, 9.17) is 5.73 Å². The molecule has 2 aromatic carbocycles. The highest BCUT2D eigenvalue weighted by Gasteiger charge is 2.34. The number of aliphatic hydroxyl groups is 1. The maximum absolute atomic E-state index is 14.0. The lowest BCUT2D eigenvalue weighted by Crippen LogP contribution is -2.60. The van der Waals surface area contributed by atoms with Gasteiger partial charge in [-0.05, 0) is 54.0 Å². The Hall–Kier alpha value is -6.01. The number of para-hydroxylation sites is 1. The number of carbonyl (C=O) groups excluding carboxylic acids is 5. The predicted molar refractivity (Wildman–Crippen MR) is 207 cm³/mol. The molecule has 0 aliphatic rings. The van der Waals surface area contributed by atoms with E-state index in [1.807, 2.05) is 13.8 Å². The van der Waals surface area contributed by atoms with Gasteiger partial charge >= 0.3 is 11.9 Å². The van der Waals surface area contributed by atoms with Gasteiger partial charge in [0.1, 0.15) is 36.0 Å². The van der Waals surface area contributed by atoms with Crippen LogP contribution >= 0.6 is 0 Å². The summed E-state index contributed by atoms with van der Waals surface area (Å²) in [4.78, 5) is 94.3. The van der Waals surface area contributed by atoms with Crippen LogP contribution in [-0.2, 0) is 46.4 Å². The van der Waals surface area contributed by atoms with E-state index >= 15 is 0 Å². The number of H-pyrrole nitrogens is 1. The molecule has 0 aliphatic carbocycles. The topological polar surface area (TPSA) is 302 Å². The molecule has 0 saturated carbocycles. The smallest absolute Gasteiger partial charge is 0.326 e. The lowest BCUT2D eigenvalue weighted by molar-refractivity contribution is -0.143. The molecule has 0 fully saturated rings. The maximum Gasteiger partial charge on any atom is 0.326 e. The summed E-state index contributed by atoms with van der Waals surface area (Å²) >= 11 is 0. The zero-order chi connectivity index (χ0) is 42.4. The van der Waals surface area contributed by atoms with E-state index in [2.05, 4.69) is 31.6 Å². The zero-order valence-corrected chi connectivity index (χ0v) is 32.3. The summed E-state index contributed by atoms with van der Waals surface area (Å²) in [6, 6.07) is 4.18. The number of fused-ring (bicyclic) bond motifs is 1. The van der Waals surface area contributed by atoms with E-state index in [0.29, 0.717) is 22.0 Å². The van der Waals surface area contributed by atoms with Crippen LogP contribution in [0.15, 0.2) is 54.7 Å². The summed E-state index contributed by atoms with van der Waals surface area (Å²) in [6.45, 7) is 6.22. The van der Waals surface area contributed by atoms with Crippen molar-refractivity contribution in [2.75, 3.05) is 6.61 Å². The number of carbonyl (C=O) groups is 7. The van der Waals surface area contributed by atoms with Gasteiger partial charge in [0, 0.05) is 29.9 Å². The van der Waals surface area contributed by atoms with Crippen molar-refractivity contribution in [2.45, 2.75) is 96.1 Å². The molecule has 0 aliphatic heterocycles. The Labute approximate surface area is 329 Å². The van der Waals surface area contributed by atoms with Crippen molar-refractivity contribution in [3.05, 3.63) is 65.9 Å². The number of hydrogen-bond donors (Lipinski definition) is 11. The van der Waals surface area contributed by atoms with Gasteiger partial charge in [0.25, 0.3) is 0 Å². The minimum Gasteiger partial charge on any atom is -0.508 e. The van der Waals surface area contributed by atoms with Crippen LogP contribution in [0, 0.1) is 11.8 Å². The Balaban J connectivity index is 1.90. The van der Waals surface area contributed by atoms with Gasteiger partial charge in [-0.3, -0.25) is 28.8 Å². The van der Waals surface area contributed by atoms with Crippen LogP contribution in [-0.4, -0.2) is 110 Å². The fourth-order valence-corrected chi connectivity index (χ4v) is 6.06. The molecule has 18 nitrogen and oxygen atoms in total. The number of aromatic hydroxyl groups is 1. The molecule has 1 aromatic heterocycles. The number of phenols is 1. The van der Waals surface area contributed by atoms with Gasteiger partial charge in [-0.25, -0.2) is 4.79 Å². The molecule has 1 heterocycles. The van der Waals surface area contributed by atoms with Gasteiger partial charge in [0.15, 0.2) is 0 Å². The van der Waals surface area contributed by atoms with Crippen LogP contribution in [0.5, 0.6) is 5.75 Å². The highest BCUT2D eigenvalue weighted by Crippen LogP contribution is 2.20. The third kappa shape index (κ3) is 14.2. The van der Waals surface area contributed by atoms with E-state index < -0.39 is 90.8 Å². The molecule has 0 radical (unpaired) electrons. The Morgan fingerprint density at radius 2 is 1.16 bits per heavy atom. The second-order valence-corrected chi connectivity index (χ2v) is 14.7.